The molecule has 0 aromatic carbocycles. The molecule has 8 nitrogen and oxygen atoms in total. The number of aromatic nitrogens is 3. The van der Waals surface area contributed by atoms with Crippen molar-refractivity contribution in [3.05, 3.63) is 41.6 Å². The highest BCUT2D eigenvalue weighted by atomic mass is 32.2. The number of nitrogens with one attached hydrogen (secondary N) is 1. The van der Waals surface area contributed by atoms with Gasteiger partial charge in [0.2, 0.25) is 5.91 Å². The number of fused-ring (bicyclic) bond motifs is 5. The number of thiophene rings is 1. The molecular formula is C25H27N5O3S2. The highest BCUT2D eigenvalue weighted by Crippen LogP contribution is 2.44. The van der Waals surface area contributed by atoms with E-state index in [1.807, 2.05) is 12.1 Å². The first-order chi connectivity index (χ1) is 17.0. The van der Waals surface area contributed by atoms with Crippen molar-refractivity contribution in [2.24, 2.45) is 0 Å². The molecule has 0 radical (unpaired) electrons. The molecule has 1 fully saturated rings. The first-order valence-corrected chi connectivity index (χ1v) is 13.7. The predicted molar refractivity (Wildman–Crippen MR) is 138 cm³/mol. The van der Waals surface area contributed by atoms with E-state index in [1.54, 1.807) is 23.9 Å². The smallest absolute Gasteiger partial charge is 0.230 e. The Balaban J connectivity index is 1.35. The van der Waals surface area contributed by atoms with Crippen molar-refractivity contribution in [3.8, 4) is 0 Å². The average molecular weight is 510 g/mol. The maximum Gasteiger partial charge on any atom is 0.230 e. The van der Waals surface area contributed by atoms with Crippen LogP contribution in [0.2, 0.25) is 0 Å². The maximum atomic E-state index is 12.4. The summed E-state index contributed by atoms with van der Waals surface area (Å²) in [5.41, 5.74) is 3.18. The Morgan fingerprint density at radius 2 is 2.11 bits per heavy atom. The van der Waals surface area contributed by atoms with E-state index in [4.69, 9.17) is 14.1 Å². The minimum atomic E-state index is -0.242. The van der Waals surface area contributed by atoms with Gasteiger partial charge in [-0.1, -0.05) is 11.8 Å². The lowest BCUT2D eigenvalue weighted by atomic mass is 9.90. The van der Waals surface area contributed by atoms with Crippen molar-refractivity contribution in [2.75, 3.05) is 23.7 Å². The second-order valence-corrected chi connectivity index (χ2v) is 11.6. The number of rotatable bonds is 6. The normalized spacial score (nSPS) is 17.3. The molecular weight excluding hydrogens is 482 g/mol. The molecule has 35 heavy (non-hydrogen) atoms. The molecule has 0 spiro atoms. The summed E-state index contributed by atoms with van der Waals surface area (Å²) in [6, 6.07) is 3.65. The maximum absolute atomic E-state index is 12.4. The Hall–Kier alpha value is -2.69. The highest BCUT2D eigenvalue weighted by molar-refractivity contribution is 8.00. The average Bonchev–Trinajstić information content (AvgIpc) is 3.61. The number of pyridine rings is 1. The van der Waals surface area contributed by atoms with Crippen LogP contribution in [0, 0.1) is 0 Å². The number of carbonyl (C=O) groups is 1. The number of hydrogen-bond acceptors (Lipinski definition) is 9. The number of carbonyl (C=O) groups excluding carboxylic acids is 1. The van der Waals surface area contributed by atoms with Crippen LogP contribution in [0.4, 0.5) is 5.82 Å². The molecule has 0 atom stereocenters. The monoisotopic (exact) mass is 509 g/mol. The molecule has 0 saturated carbocycles. The van der Waals surface area contributed by atoms with Crippen LogP contribution in [-0.4, -0.2) is 45.3 Å². The van der Waals surface area contributed by atoms with Gasteiger partial charge in [-0.25, -0.2) is 15.0 Å². The van der Waals surface area contributed by atoms with E-state index in [0.29, 0.717) is 13.2 Å². The van der Waals surface area contributed by atoms with Crippen LogP contribution < -0.4 is 10.2 Å². The molecule has 4 aromatic heterocycles. The third-order valence-corrected chi connectivity index (χ3v) is 8.76. The van der Waals surface area contributed by atoms with Crippen LogP contribution in [0.15, 0.2) is 34.2 Å². The Bertz CT molecular complexity index is 1390. The van der Waals surface area contributed by atoms with Crippen molar-refractivity contribution < 1.29 is 13.9 Å². The van der Waals surface area contributed by atoms with Gasteiger partial charge in [0.25, 0.3) is 0 Å². The van der Waals surface area contributed by atoms with Gasteiger partial charge in [0.05, 0.1) is 41.0 Å². The molecule has 1 N–H and O–H groups in total. The number of anilines is 1. The van der Waals surface area contributed by atoms with Crippen LogP contribution in [0.25, 0.3) is 20.4 Å². The summed E-state index contributed by atoms with van der Waals surface area (Å²) in [7, 11) is 0. The predicted octanol–water partition coefficient (Wildman–Crippen LogP) is 4.69. The molecule has 1 saturated heterocycles. The van der Waals surface area contributed by atoms with Crippen molar-refractivity contribution in [1.82, 2.24) is 20.3 Å². The first-order valence-electron chi connectivity index (χ1n) is 11.9. The van der Waals surface area contributed by atoms with Crippen molar-refractivity contribution in [3.63, 3.8) is 0 Å². The molecule has 0 bridgehead atoms. The van der Waals surface area contributed by atoms with E-state index >= 15 is 0 Å². The number of furan rings is 1. The quantitative estimate of drug-likeness (QED) is 0.296. The lowest BCUT2D eigenvalue weighted by Gasteiger charge is -2.34. The number of hydrogen-bond donors (Lipinski definition) is 1. The van der Waals surface area contributed by atoms with Crippen molar-refractivity contribution in [2.45, 2.75) is 56.9 Å². The third kappa shape index (κ3) is 4.39. The van der Waals surface area contributed by atoms with Gasteiger partial charge in [-0.05, 0) is 44.4 Å². The Labute approximate surface area is 211 Å². The molecule has 10 heteroatoms. The Morgan fingerprint density at radius 3 is 2.91 bits per heavy atom. The number of ether oxygens (including phenoxy) is 1. The van der Waals surface area contributed by atoms with E-state index in [-0.39, 0.29) is 17.3 Å². The van der Waals surface area contributed by atoms with Crippen LogP contribution in [0.3, 0.4) is 0 Å². The lowest BCUT2D eigenvalue weighted by molar-refractivity contribution is -0.118. The van der Waals surface area contributed by atoms with Gasteiger partial charge in [0.15, 0.2) is 0 Å². The fourth-order valence-corrected chi connectivity index (χ4v) is 6.90. The largest absolute Gasteiger partial charge is 0.467 e. The van der Waals surface area contributed by atoms with E-state index < -0.39 is 0 Å². The van der Waals surface area contributed by atoms with Gasteiger partial charge < -0.3 is 19.4 Å². The minimum Gasteiger partial charge on any atom is -0.467 e. The van der Waals surface area contributed by atoms with Crippen molar-refractivity contribution in [1.29, 1.82) is 0 Å². The lowest BCUT2D eigenvalue weighted by Crippen LogP contribution is -2.33. The summed E-state index contributed by atoms with van der Waals surface area (Å²) >= 11 is 3.06. The zero-order chi connectivity index (χ0) is 24.0. The second kappa shape index (κ2) is 9.07. The van der Waals surface area contributed by atoms with E-state index in [1.165, 1.54) is 35.7 Å². The fraction of sp³-hybridized carbons (Fsp3) is 0.440. The molecule has 0 unspecified atom stereocenters. The summed E-state index contributed by atoms with van der Waals surface area (Å²) in [4.78, 5) is 30.2. The van der Waals surface area contributed by atoms with E-state index in [9.17, 15) is 4.79 Å². The standard InChI is InChI=1S/C25H27N5O3S2/c1-25(2)10-16-17(12-33-25)22(30-7-3-4-8-30)29-23-19(16)20-21(35-23)24(28-14-27-20)34-13-18(31)26-11-15-6-5-9-32-15/h5-6,9,14H,3-4,7-8,10-13H2,1-2H3,(H,26,31). The molecule has 1 amide bonds. The van der Waals surface area contributed by atoms with E-state index in [2.05, 4.69) is 34.0 Å². The zero-order valence-electron chi connectivity index (χ0n) is 19.8. The summed E-state index contributed by atoms with van der Waals surface area (Å²) in [6.45, 7) is 7.30. The van der Waals surface area contributed by atoms with Crippen LogP contribution in [0.1, 0.15) is 43.6 Å². The van der Waals surface area contributed by atoms with Gasteiger partial charge >= 0.3 is 0 Å². The fourth-order valence-electron chi connectivity index (χ4n) is 4.85. The highest BCUT2D eigenvalue weighted by Gasteiger charge is 2.33. The van der Waals surface area contributed by atoms with Gasteiger partial charge in [-0.3, -0.25) is 4.79 Å². The summed E-state index contributed by atoms with van der Waals surface area (Å²) in [5, 5.41) is 4.82. The summed E-state index contributed by atoms with van der Waals surface area (Å²) < 4.78 is 12.5. The molecule has 2 aliphatic rings. The first kappa shape index (κ1) is 22.8. The topological polar surface area (TPSA) is 93.4 Å². The van der Waals surface area contributed by atoms with Crippen LogP contribution in [0.5, 0.6) is 0 Å². The van der Waals surface area contributed by atoms with Gasteiger partial charge in [-0.15, -0.1) is 11.3 Å². The summed E-state index contributed by atoms with van der Waals surface area (Å²) in [5.74, 6) is 2.00. The zero-order valence-corrected chi connectivity index (χ0v) is 21.4. The van der Waals surface area contributed by atoms with Crippen LogP contribution >= 0.6 is 23.1 Å². The van der Waals surface area contributed by atoms with Gasteiger partial charge in [-0.2, -0.15) is 0 Å². The second-order valence-electron chi connectivity index (χ2n) is 9.60. The SMILES string of the molecule is CC1(C)Cc2c(c(N3CCCC3)nc3sc4c(SCC(=O)NCc5ccco5)ncnc4c23)CO1. The molecule has 182 valence electrons. The summed E-state index contributed by atoms with van der Waals surface area (Å²) in [6.07, 6.45) is 6.41. The number of nitrogens with zero attached hydrogens (tertiary/aromatic N) is 4. The number of thioether (sulfide) groups is 1. The molecule has 4 aromatic rings. The molecule has 0 aliphatic carbocycles. The molecule has 6 heterocycles. The minimum absolute atomic E-state index is 0.0648. The third-order valence-electron chi connectivity index (χ3n) is 6.56. The van der Waals surface area contributed by atoms with Crippen LogP contribution in [-0.2, 0) is 29.1 Å². The molecule has 2 aliphatic heterocycles. The van der Waals surface area contributed by atoms with Gasteiger partial charge in [0, 0.05) is 30.5 Å². The van der Waals surface area contributed by atoms with Crippen molar-refractivity contribution >= 4 is 55.3 Å². The Morgan fingerprint density at radius 1 is 1.26 bits per heavy atom. The number of amides is 1. The Kier molecular flexibility index (Phi) is 5.90. The molecule has 6 rings (SSSR count). The van der Waals surface area contributed by atoms with E-state index in [0.717, 1.165) is 56.5 Å². The van der Waals surface area contributed by atoms with Gasteiger partial charge in [0.1, 0.15) is 27.8 Å².